The van der Waals surface area contributed by atoms with E-state index in [0.717, 1.165) is 38.9 Å². The van der Waals surface area contributed by atoms with E-state index in [1.54, 1.807) is 0 Å². The number of carbonyl (C=O) groups excluding carboxylic acids is 1. The number of rotatable bonds is 39. The number of hydrogen-bond donors (Lipinski definition) is 1. The van der Waals surface area contributed by atoms with E-state index in [-0.39, 0.29) is 12.6 Å². The number of carbonyl (C=O) groups is 1. The topological polar surface area (TPSA) is 55.8 Å². The molecule has 0 unspecified atom stereocenters. The van der Waals surface area contributed by atoms with Crippen molar-refractivity contribution >= 4 is 5.97 Å². The van der Waals surface area contributed by atoms with E-state index in [2.05, 4.69) is 20.8 Å². The van der Waals surface area contributed by atoms with Crippen LogP contribution in [0.4, 0.5) is 0 Å². The quantitative estimate of drug-likeness (QED) is 0.0523. The summed E-state index contributed by atoms with van der Waals surface area (Å²) < 4.78 is 10.6. The molecule has 284 valence electrons. The molecule has 0 atom stereocenters. The van der Waals surface area contributed by atoms with Gasteiger partial charge >= 0.3 is 5.97 Å². The molecular weight excluding hydrogens is 580 g/mol. The summed E-state index contributed by atoms with van der Waals surface area (Å²) in [5.74, 6) is -0.00172. The molecule has 4 heteroatoms. The first-order chi connectivity index (χ1) is 23.2. The molecule has 0 bridgehead atoms. The van der Waals surface area contributed by atoms with E-state index in [1.807, 2.05) is 0 Å². The van der Waals surface area contributed by atoms with Crippen molar-refractivity contribution in [2.45, 2.75) is 245 Å². The van der Waals surface area contributed by atoms with E-state index in [4.69, 9.17) is 14.6 Å². The third-order valence-corrected chi connectivity index (χ3v) is 9.33. The molecule has 0 fully saturated rings. The van der Waals surface area contributed by atoms with Crippen molar-refractivity contribution in [3.05, 3.63) is 0 Å². The van der Waals surface area contributed by atoms with Crippen molar-refractivity contribution in [1.29, 1.82) is 0 Å². The Morgan fingerprint density at radius 2 is 0.660 bits per heavy atom. The SMILES string of the molecule is CCCCCCCCCCCCCCCCCC(=O)OCCCC.CCCCCCCCCCCCCCCCCCOCCCO. The maximum absolute atomic E-state index is 11.4. The smallest absolute Gasteiger partial charge is 0.305 e. The standard InChI is InChI=1S/C22H44O2.C21H44O2/c1-3-5-7-8-9-10-11-12-13-14-15-16-17-18-19-20-22(23)24-21-6-4-2;1-2-3-4-5-6-7-8-9-10-11-12-13-14-15-16-17-20-23-21-18-19-22/h3-21H2,1-2H3;22H,2-21H2,1H3. The summed E-state index contributed by atoms with van der Waals surface area (Å²) in [7, 11) is 0. The van der Waals surface area contributed by atoms with E-state index in [9.17, 15) is 4.79 Å². The fraction of sp³-hybridized carbons (Fsp3) is 0.977. The maximum Gasteiger partial charge on any atom is 0.305 e. The summed E-state index contributed by atoms with van der Waals surface area (Å²) >= 11 is 0. The Bertz CT molecular complexity index is 518. The van der Waals surface area contributed by atoms with Crippen molar-refractivity contribution in [2.75, 3.05) is 26.4 Å². The summed E-state index contributed by atoms with van der Waals surface area (Å²) in [6.45, 7) is 9.13. The zero-order valence-electron chi connectivity index (χ0n) is 32.7. The Morgan fingerprint density at radius 1 is 0.362 bits per heavy atom. The lowest BCUT2D eigenvalue weighted by Crippen LogP contribution is -2.05. The van der Waals surface area contributed by atoms with Gasteiger partial charge in [-0.2, -0.15) is 0 Å². The predicted octanol–water partition coefficient (Wildman–Crippen LogP) is 14.2. The average Bonchev–Trinajstić information content (AvgIpc) is 3.08. The van der Waals surface area contributed by atoms with Crippen LogP contribution in [0.25, 0.3) is 0 Å². The third-order valence-electron chi connectivity index (χ3n) is 9.33. The Balaban J connectivity index is 0. The lowest BCUT2D eigenvalue weighted by atomic mass is 10.0. The highest BCUT2D eigenvalue weighted by Crippen LogP contribution is 2.15. The number of esters is 1. The lowest BCUT2D eigenvalue weighted by Gasteiger charge is -2.04. The van der Waals surface area contributed by atoms with Crippen LogP contribution in [0, 0.1) is 0 Å². The number of ether oxygens (including phenoxy) is 2. The van der Waals surface area contributed by atoms with Gasteiger partial charge in [0.2, 0.25) is 0 Å². The summed E-state index contributed by atoms with van der Waals surface area (Å²) in [5.41, 5.74) is 0. The third kappa shape index (κ3) is 49.9. The molecule has 0 aliphatic rings. The van der Waals surface area contributed by atoms with Gasteiger partial charge < -0.3 is 14.6 Å². The van der Waals surface area contributed by atoms with Crippen LogP contribution in [-0.2, 0) is 14.3 Å². The van der Waals surface area contributed by atoms with E-state index in [0.29, 0.717) is 13.0 Å². The second-order valence-corrected chi connectivity index (χ2v) is 14.3. The molecule has 0 spiro atoms. The Morgan fingerprint density at radius 3 is 1.00 bits per heavy atom. The normalized spacial score (nSPS) is 11.1. The van der Waals surface area contributed by atoms with E-state index in [1.165, 1.54) is 193 Å². The summed E-state index contributed by atoms with van der Waals surface area (Å²) in [4.78, 5) is 11.4. The number of unbranched alkanes of at least 4 members (excludes halogenated alkanes) is 30. The van der Waals surface area contributed by atoms with Gasteiger partial charge in [-0.05, 0) is 25.7 Å². The molecule has 0 heterocycles. The minimum Gasteiger partial charge on any atom is -0.466 e. The van der Waals surface area contributed by atoms with Crippen molar-refractivity contribution in [3.8, 4) is 0 Å². The highest BCUT2D eigenvalue weighted by molar-refractivity contribution is 5.69. The second-order valence-electron chi connectivity index (χ2n) is 14.3. The van der Waals surface area contributed by atoms with Gasteiger partial charge in [0.25, 0.3) is 0 Å². The molecule has 0 saturated carbocycles. The molecule has 1 N–H and O–H groups in total. The van der Waals surface area contributed by atoms with E-state index >= 15 is 0 Å². The average molecular weight is 669 g/mol. The van der Waals surface area contributed by atoms with Crippen LogP contribution >= 0.6 is 0 Å². The number of aliphatic hydroxyl groups is 1. The predicted molar refractivity (Wildman–Crippen MR) is 207 cm³/mol. The first-order valence-corrected chi connectivity index (χ1v) is 21.6. The van der Waals surface area contributed by atoms with Gasteiger partial charge in [-0.3, -0.25) is 4.79 Å². The van der Waals surface area contributed by atoms with Gasteiger partial charge in [0.05, 0.1) is 6.61 Å². The molecule has 0 aromatic carbocycles. The number of aliphatic hydroxyl groups excluding tert-OH is 1. The van der Waals surface area contributed by atoms with Gasteiger partial charge in [0, 0.05) is 26.2 Å². The van der Waals surface area contributed by atoms with Gasteiger partial charge in [-0.25, -0.2) is 0 Å². The Hall–Kier alpha value is -0.610. The summed E-state index contributed by atoms with van der Waals surface area (Å²) in [6.07, 6.45) is 46.4. The zero-order valence-corrected chi connectivity index (χ0v) is 32.7. The lowest BCUT2D eigenvalue weighted by molar-refractivity contribution is -0.143. The van der Waals surface area contributed by atoms with Crippen LogP contribution in [0.2, 0.25) is 0 Å². The van der Waals surface area contributed by atoms with Crippen LogP contribution < -0.4 is 0 Å². The highest BCUT2D eigenvalue weighted by Gasteiger charge is 2.02. The van der Waals surface area contributed by atoms with Crippen molar-refractivity contribution in [3.63, 3.8) is 0 Å². The molecule has 4 nitrogen and oxygen atoms in total. The van der Waals surface area contributed by atoms with Crippen molar-refractivity contribution < 1.29 is 19.4 Å². The van der Waals surface area contributed by atoms with Gasteiger partial charge in [-0.1, -0.05) is 213 Å². The molecule has 0 aliphatic heterocycles. The zero-order chi connectivity index (χ0) is 34.6. The molecule has 0 saturated heterocycles. The minimum absolute atomic E-state index is 0.00172. The van der Waals surface area contributed by atoms with Crippen molar-refractivity contribution in [1.82, 2.24) is 0 Å². The molecular formula is C43H88O4. The van der Waals surface area contributed by atoms with Crippen LogP contribution in [0.1, 0.15) is 245 Å². The Kier molecular flexibility index (Phi) is 49.0. The van der Waals surface area contributed by atoms with Crippen LogP contribution in [0.3, 0.4) is 0 Å². The highest BCUT2D eigenvalue weighted by atomic mass is 16.5. The fourth-order valence-corrected chi connectivity index (χ4v) is 6.06. The second kappa shape index (κ2) is 47.5. The Labute approximate surface area is 296 Å². The van der Waals surface area contributed by atoms with E-state index < -0.39 is 0 Å². The molecule has 0 aromatic rings. The molecule has 47 heavy (non-hydrogen) atoms. The van der Waals surface area contributed by atoms with Gasteiger partial charge in [0.15, 0.2) is 0 Å². The first-order valence-electron chi connectivity index (χ1n) is 21.6. The first kappa shape index (κ1) is 48.5. The maximum atomic E-state index is 11.4. The van der Waals surface area contributed by atoms with Gasteiger partial charge in [0.1, 0.15) is 0 Å². The minimum atomic E-state index is -0.00172. The summed E-state index contributed by atoms with van der Waals surface area (Å²) in [5, 5.41) is 8.63. The van der Waals surface area contributed by atoms with Crippen LogP contribution in [0.15, 0.2) is 0 Å². The monoisotopic (exact) mass is 669 g/mol. The van der Waals surface area contributed by atoms with Gasteiger partial charge in [-0.15, -0.1) is 0 Å². The molecule has 0 amide bonds. The molecule has 0 radical (unpaired) electrons. The fourth-order valence-electron chi connectivity index (χ4n) is 6.06. The summed E-state index contributed by atoms with van der Waals surface area (Å²) in [6, 6.07) is 0. The largest absolute Gasteiger partial charge is 0.466 e. The van der Waals surface area contributed by atoms with Crippen LogP contribution in [-0.4, -0.2) is 37.5 Å². The van der Waals surface area contributed by atoms with Crippen LogP contribution in [0.5, 0.6) is 0 Å². The molecule has 0 rings (SSSR count). The molecule has 0 aliphatic carbocycles. The van der Waals surface area contributed by atoms with Crippen molar-refractivity contribution in [2.24, 2.45) is 0 Å². The molecule has 0 aromatic heterocycles. The number of hydrogen-bond acceptors (Lipinski definition) is 4.